The molecule has 0 saturated carbocycles. The summed E-state index contributed by atoms with van der Waals surface area (Å²) < 4.78 is 10.4. The van der Waals surface area contributed by atoms with Crippen LogP contribution in [-0.4, -0.2) is 30.9 Å². The van der Waals surface area contributed by atoms with E-state index in [9.17, 15) is 14.4 Å². The molecule has 144 valence electrons. The molecule has 0 aromatic heterocycles. The van der Waals surface area contributed by atoms with E-state index in [1.807, 2.05) is 6.07 Å². The third-order valence-electron chi connectivity index (χ3n) is 3.96. The molecular formula is C21H20N2O5. The second-order valence-electron chi connectivity index (χ2n) is 6.07. The number of rotatable bonds is 7. The molecule has 28 heavy (non-hydrogen) atoms. The van der Waals surface area contributed by atoms with Crippen molar-refractivity contribution >= 4 is 23.3 Å². The Kier molecular flexibility index (Phi) is 6.88. The van der Waals surface area contributed by atoms with E-state index in [2.05, 4.69) is 5.32 Å². The molecule has 7 heteroatoms. The number of methoxy groups -OCH3 is 1. The van der Waals surface area contributed by atoms with Gasteiger partial charge < -0.3 is 14.8 Å². The predicted octanol–water partition coefficient (Wildman–Crippen LogP) is 2.88. The SMILES string of the molecule is COc1ccc(C(C)=O)cc1CC(=O)O[C@H](C)C(=O)Nc1cccc(C#N)c1. The zero-order chi connectivity index (χ0) is 20.7. The second-order valence-corrected chi connectivity index (χ2v) is 6.07. The van der Waals surface area contributed by atoms with Crippen LogP contribution >= 0.6 is 0 Å². The number of esters is 1. The lowest BCUT2D eigenvalue weighted by Crippen LogP contribution is -2.30. The van der Waals surface area contributed by atoms with Crippen molar-refractivity contribution in [2.24, 2.45) is 0 Å². The summed E-state index contributed by atoms with van der Waals surface area (Å²) in [5.74, 6) is -0.836. The summed E-state index contributed by atoms with van der Waals surface area (Å²) in [6, 6.07) is 13.2. The molecule has 0 aliphatic carbocycles. The number of ether oxygens (including phenoxy) is 2. The number of nitrogens with zero attached hydrogens (tertiary/aromatic N) is 1. The Bertz CT molecular complexity index is 946. The molecule has 7 nitrogen and oxygen atoms in total. The van der Waals surface area contributed by atoms with Gasteiger partial charge in [-0.15, -0.1) is 0 Å². The molecule has 0 heterocycles. The molecule has 0 fully saturated rings. The summed E-state index contributed by atoms with van der Waals surface area (Å²) in [5.41, 5.74) is 1.78. The van der Waals surface area contributed by atoms with Gasteiger partial charge in [0.25, 0.3) is 5.91 Å². The number of amides is 1. The van der Waals surface area contributed by atoms with Crippen molar-refractivity contribution in [3.05, 3.63) is 59.2 Å². The van der Waals surface area contributed by atoms with Gasteiger partial charge in [0, 0.05) is 16.8 Å². The molecule has 2 rings (SSSR count). The number of carbonyl (C=O) groups excluding carboxylic acids is 3. The molecule has 0 spiro atoms. The maximum atomic E-state index is 12.2. The van der Waals surface area contributed by atoms with E-state index in [1.54, 1.807) is 36.4 Å². The van der Waals surface area contributed by atoms with Crippen LogP contribution in [0, 0.1) is 11.3 Å². The fourth-order valence-electron chi connectivity index (χ4n) is 2.49. The van der Waals surface area contributed by atoms with Crippen molar-refractivity contribution in [1.29, 1.82) is 5.26 Å². The zero-order valence-electron chi connectivity index (χ0n) is 15.8. The van der Waals surface area contributed by atoms with Crippen LogP contribution in [0.2, 0.25) is 0 Å². The van der Waals surface area contributed by atoms with Crippen molar-refractivity contribution in [1.82, 2.24) is 0 Å². The van der Waals surface area contributed by atoms with E-state index >= 15 is 0 Å². The van der Waals surface area contributed by atoms with Gasteiger partial charge in [-0.1, -0.05) is 6.07 Å². The van der Waals surface area contributed by atoms with Crippen molar-refractivity contribution in [3.63, 3.8) is 0 Å². The third-order valence-corrected chi connectivity index (χ3v) is 3.96. The lowest BCUT2D eigenvalue weighted by molar-refractivity contribution is -0.152. The Labute approximate surface area is 162 Å². The highest BCUT2D eigenvalue weighted by Crippen LogP contribution is 2.21. The molecule has 0 radical (unpaired) electrons. The van der Waals surface area contributed by atoms with Crippen LogP contribution in [0.1, 0.15) is 35.3 Å². The van der Waals surface area contributed by atoms with E-state index in [4.69, 9.17) is 14.7 Å². The lowest BCUT2D eigenvalue weighted by atomic mass is 10.0. The molecule has 2 aromatic carbocycles. The first-order chi connectivity index (χ1) is 13.3. The number of anilines is 1. The highest BCUT2D eigenvalue weighted by atomic mass is 16.5. The van der Waals surface area contributed by atoms with Gasteiger partial charge in [-0.05, 0) is 50.2 Å². The summed E-state index contributed by atoms with van der Waals surface area (Å²) in [5, 5.41) is 11.5. The first-order valence-corrected chi connectivity index (χ1v) is 8.52. The van der Waals surface area contributed by atoms with Crippen LogP contribution in [0.4, 0.5) is 5.69 Å². The quantitative estimate of drug-likeness (QED) is 0.585. The van der Waals surface area contributed by atoms with Gasteiger partial charge in [-0.25, -0.2) is 0 Å². The van der Waals surface area contributed by atoms with Gasteiger partial charge >= 0.3 is 5.97 Å². The maximum absolute atomic E-state index is 12.2. The van der Waals surface area contributed by atoms with Crippen LogP contribution in [0.15, 0.2) is 42.5 Å². The smallest absolute Gasteiger partial charge is 0.311 e. The van der Waals surface area contributed by atoms with Crippen LogP contribution in [-0.2, 0) is 20.7 Å². The van der Waals surface area contributed by atoms with Gasteiger partial charge in [0.05, 0.1) is 25.2 Å². The molecule has 0 saturated heterocycles. The zero-order valence-corrected chi connectivity index (χ0v) is 15.8. The number of benzene rings is 2. The highest BCUT2D eigenvalue weighted by molar-refractivity contribution is 5.96. The van der Waals surface area contributed by atoms with E-state index in [0.717, 1.165) is 0 Å². The molecule has 0 aliphatic heterocycles. The number of ketones is 1. The van der Waals surface area contributed by atoms with Gasteiger partial charge in [0.1, 0.15) is 5.75 Å². The van der Waals surface area contributed by atoms with Gasteiger partial charge in [-0.3, -0.25) is 14.4 Å². The summed E-state index contributed by atoms with van der Waals surface area (Å²) in [6.07, 6.45) is -1.19. The Balaban J connectivity index is 2.02. The number of Topliss-reactive ketones (excluding diaryl/α,β-unsaturated/α-hetero) is 1. The minimum atomic E-state index is -1.04. The fourth-order valence-corrected chi connectivity index (χ4v) is 2.49. The standard InChI is InChI=1S/C21H20N2O5/c1-13(24)16-7-8-19(27-3)17(10-16)11-20(25)28-14(2)21(26)23-18-6-4-5-15(9-18)12-22/h4-10,14H,11H2,1-3H3,(H,23,26)/t14-/m1/s1. The Morgan fingerprint density at radius 3 is 2.57 bits per heavy atom. The molecular weight excluding hydrogens is 360 g/mol. The number of hydrogen-bond acceptors (Lipinski definition) is 6. The molecule has 2 aromatic rings. The van der Waals surface area contributed by atoms with Gasteiger partial charge in [-0.2, -0.15) is 5.26 Å². The average molecular weight is 380 g/mol. The normalized spacial score (nSPS) is 11.1. The molecule has 1 atom stereocenters. The number of nitrogens with one attached hydrogen (secondary N) is 1. The molecule has 0 aliphatic rings. The van der Waals surface area contributed by atoms with Crippen molar-refractivity contribution in [2.75, 3.05) is 12.4 Å². The van der Waals surface area contributed by atoms with Crippen LogP contribution in [0.25, 0.3) is 0 Å². The van der Waals surface area contributed by atoms with E-state index in [0.29, 0.717) is 28.1 Å². The van der Waals surface area contributed by atoms with Gasteiger partial charge in [0.15, 0.2) is 11.9 Å². The predicted molar refractivity (Wildman–Crippen MR) is 102 cm³/mol. The Morgan fingerprint density at radius 1 is 1.18 bits per heavy atom. The number of nitriles is 1. The van der Waals surface area contributed by atoms with E-state index in [-0.39, 0.29) is 12.2 Å². The Hall–Kier alpha value is -3.66. The summed E-state index contributed by atoms with van der Waals surface area (Å²) >= 11 is 0. The Morgan fingerprint density at radius 2 is 1.93 bits per heavy atom. The fraction of sp³-hybridized carbons (Fsp3) is 0.238. The minimum Gasteiger partial charge on any atom is -0.496 e. The second kappa shape index (κ2) is 9.33. The van der Waals surface area contributed by atoms with Crippen molar-refractivity contribution < 1.29 is 23.9 Å². The third kappa shape index (κ3) is 5.42. The largest absolute Gasteiger partial charge is 0.496 e. The summed E-state index contributed by atoms with van der Waals surface area (Å²) in [6.45, 7) is 2.88. The van der Waals surface area contributed by atoms with Gasteiger partial charge in [0.2, 0.25) is 0 Å². The van der Waals surface area contributed by atoms with Crippen molar-refractivity contribution in [3.8, 4) is 11.8 Å². The number of carbonyl (C=O) groups is 3. The molecule has 0 unspecified atom stereocenters. The monoisotopic (exact) mass is 380 g/mol. The van der Waals surface area contributed by atoms with Crippen LogP contribution in [0.5, 0.6) is 5.75 Å². The molecule has 0 bridgehead atoms. The summed E-state index contributed by atoms with van der Waals surface area (Å²) in [7, 11) is 1.46. The lowest BCUT2D eigenvalue weighted by Gasteiger charge is -2.15. The average Bonchev–Trinajstić information content (AvgIpc) is 2.67. The minimum absolute atomic E-state index is 0.135. The van der Waals surface area contributed by atoms with Crippen molar-refractivity contribution in [2.45, 2.75) is 26.4 Å². The highest BCUT2D eigenvalue weighted by Gasteiger charge is 2.20. The summed E-state index contributed by atoms with van der Waals surface area (Å²) in [4.78, 5) is 36.0. The first-order valence-electron chi connectivity index (χ1n) is 8.52. The maximum Gasteiger partial charge on any atom is 0.311 e. The van der Waals surface area contributed by atoms with E-state index < -0.39 is 18.0 Å². The first kappa shape index (κ1) is 20.6. The molecule has 1 amide bonds. The van der Waals surface area contributed by atoms with E-state index in [1.165, 1.54) is 27.0 Å². The molecule has 1 N–H and O–H groups in total. The number of hydrogen-bond donors (Lipinski definition) is 1. The van der Waals surface area contributed by atoms with Crippen LogP contribution < -0.4 is 10.1 Å². The van der Waals surface area contributed by atoms with Crippen LogP contribution in [0.3, 0.4) is 0 Å². The topological polar surface area (TPSA) is 105 Å².